The van der Waals surface area contributed by atoms with Crippen LogP contribution in [0.5, 0.6) is 0 Å². The van der Waals surface area contributed by atoms with E-state index in [1.54, 1.807) is 19.2 Å². The minimum Gasteiger partial charge on any atom is -0.298 e. The van der Waals surface area contributed by atoms with E-state index >= 15 is 0 Å². The molecule has 0 amide bonds. The van der Waals surface area contributed by atoms with Crippen LogP contribution in [0.25, 0.3) is 11.5 Å². The van der Waals surface area contributed by atoms with Crippen molar-refractivity contribution in [3.63, 3.8) is 0 Å². The molecule has 0 aromatic carbocycles. The van der Waals surface area contributed by atoms with Crippen molar-refractivity contribution in [1.82, 2.24) is 19.9 Å². The summed E-state index contributed by atoms with van der Waals surface area (Å²) < 4.78 is 0. The van der Waals surface area contributed by atoms with Gasteiger partial charge in [-0.15, -0.1) is 0 Å². The van der Waals surface area contributed by atoms with E-state index in [0.29, 0.717) is 29.2 Å². The number of hydrogen-bond acceptors (Lipinski definition) is 5. The molecule has 15 heavy (non-hydrogen) atoms. The monoisotopic (exact) mass is 200 g/mol. The number of rotatable bonds is 2. The maximum atomic E-state index is 10.4. The van der Waals surface area contributed by atoms with Gasteiger partial charge in [-0.2, -0.15) is 0 Å². The van der Waals surface area contributed by atoms with E-state index in [2.05, 4.69) is 19.9 Å². The molecule has 2 heterocycles. The second-order valence-corrected chi connectivity index (χ2v) is 2.95. The van der Waals surface area contributed by atoms with Crippen molar-refractivity contribution < 1.29 is 4.79 Å². The molecule has 0 fully saturated rings. The highest BCUT2D eigenvalue weighted by molar-refractivity contribution is 5.73. The van der Waals surface area contributed by atoms with Crippen LogP contribution >= 0.6 is 0 Å². The molecule has 0 radical (unpaired) electrons. The molecule has 0 N–H and O–H groups in total. The van der Waals surface area contributed by atoms with Crippen molar-refractivity contribution in [2.75, 3.05) is 0 Å². The van der Waals surface area contributed by atoms with Crippen LogP contribution in [-0.4, -0.2) is 26.2 Å². The third-order valence-electron chi connectivity index (χ3n) is 1.81. The first-order valence-electron chi connectivity index (χ1n) is 4.37. The van der Waals surface area contributed by atoms with Crippen LogP contribution in [0.15, 0.2) is 24.7 Å². The first kappa shape index (κ1) is 9.39. The van der Waals surface area contributed by atoms with Crippen LogP contribution in [0.2, 0.25) is 0 Å². The number of aryl methyl sites for hydroxylation is 1. The maximum absolute atomic E-state index is 10.4. The van der Waals surface area contributed by atoms with E-state index in [1.807, 2.05) is 0 Å². The summed E-state index contributed by atoms with van der Waals surface area (Å²) in [4.78, 5) is 26.6. The molecule has 0 aliphatic heterocycles. The largest absolute Gasteiger partial charge is 0.298 e. The highest BCUT2D eigenvalue weighted by atomic mass is 16.1. The molecular weight excluding hydrogens is 192 g/mol. The van der Waals surface area contributed by atoms with Gasteiger partial charge in [0, 0.05) is 18.6 Å². The highest BCUT2D eigenvalue weighted by Crippen LogP contribution is 2.09. The fourth-order valence-corrected chi connectivity index (χ4v) is 1.11. The number of carbonyl (C=O) groups is 1. The van der Waals surface area contributed by atoms with Gasteiger partial charge >= 0.3 is 0 Å². The lowest BCUT2D eigenvalue weighted by molar-refractivity contribution is 0.112. The number of aromatic nitrogens is 4. The minimum atomic E-state index is 0.449. The lowest BCUT2D eigenvalue weighted by atomic mass is 10.3. The lowest BCUT2D eigenvalue weighted by Gasteiger charge is -1.99. The molecule has 5 heteroatoms. The summed E-state index contributed by atoms with van der Waals surface area (Å²) in [5.41, 5.74) is 1.10. The first-order chi connectivity index (χ1) is 7.29. The normalized spacial score (nSPS) is 9.93. The second-order valence-electron chi connectivity index (χ2n) is 2.95. The van der Waals surface area contributed by atoms with Gasteiger partial charge in [0.15, 0.2) is 12.1 Å². The summed E-state index contributed by atoms with van der Waals surface area (Å²) in [6.45, 7) is 1.79. The number of hydrogen-bond donors (Lipinski definition) is 0. The molecule has 74 valence electrons. The zero-order chi connectivity index (χ0) is 10.7. The van der Waals surface area contributed by atoms with E-state index in [1.165, 1.54) is 12.4 Å². The topological polar surface area (TPSA) is 68.6 Å². The van der Waals surface area contributed by atoms with E-state index in [4.69, 9.17) is 0 Å². The Morgan fingerprint density at radius 2 is 1.93 bits per heavy atom. The molecule has 0 saturated heterocycles. The Morgan fingerprint density at radius 3 is 2.53 bits per heavy atom. The molecule has 0 unspecified atom stereocenters. The van der Waals surface area contributed by atoms with Crippen molar-refractivity contribution in [2.24, 2.45) is 0 Å². The van der Waals surface area contributed by atoms with Gasteiger partial charge in [0.25, 0.3) is 0 Å². The standard InChI is InChI=1S/C10H8N4O/c1-7-11-3-2-9(14-7)10-12-4-8(6-15)5-13-10/h2-6H,1H3. The predicted octanol–water partition coefficient (Wildman–Crippen LogP) is 1.05. The molecule has 0 bridgehead atoms. The Kier molecular flexibility index (Phi) is 2.45. The van der Waals surface area contributed by atoms with E-state index in [9.17, 15) is 4.79 Å². The average Bonchev–Trinajstić information content (AvgIpc) is 2.29. The smallest absolute Gasteiger partial charge is 0.178 e. The van der Waals surface area contributed by atoms with Gasteiger partial charge in [-0.05, 0) is 13.0 Å². The molecule has 0 aliphatic rings. The van der Waals surface area contributed by atoms with Gasteiger partial charge in [-0.3, -0.25) is 4.79 Å². The fraction of sp³-hybridized carbons (Fsp3) is 0.100. The molecule has 0 atom stereocenters. The lowest BCUT2D eigenvalue weighted by Crippen LogP contribution is -1.95. The summed E-state index contributed by atoms with van der Waals surface area (Å²) in [5.74, 6) is 1.15. The zero-order valence-corrected chi connectivity index (χ0v) is 8.08. The number of nitrogens with zero attached hydrogens (tertiary/aromatic N) is 4. The van der Waals surface area contributed by atoms with Crippen molar-refractivity contribution in [1.29, 1.82) is 0 Å². The van der Waals surface area contributed by atoms with E-state index < -0.39 is 0 Å². The molecule has 2 aromatic heterocycles. The molecule has 2 aromatic rings. The Bertz CT molecular complexity index is 481. The second kappa shape index (κ2) is 3.91. The maximum Gasteiger partial charge on any atom is 0.178 e. The molecular formula is C10H8N4O. The molecule has 2 rings (SSSR count). The summed E-state index contributed by atoms with van der Waals surface area (Å²) in [6.07, 6.45) is 5.28. The quantitative estimate of drug-likeness (QED) is 0.678. The zero-order valence-electron chi connectivity index (χ0n) is 8.08. The van der Waals surface area contributed by atoms with Gasteiger partial charge in [0.2, 0.25) is 0 Å². The predicted molar refractivity (Wildman–Crippen MR) is 53.2 cm³/mol. The SMILES string of the molecule is Cc1nccc(-c2ncc(C=O)cn2)n1. The average molecular weight is 200 g/mol. The van der Waals surface area contributed by atoms with Crippen molar-refractivity contribution >= 4 is 6.29 Å². The molecule has 0 spiro atoms. The van der Waals surface area contributed by atoms with Crippen molar-refractivity contribution in [3.8, 4) is 11.5 Å². The molecule has 5 nitrogen and oxygen atoms in total. The van der Waals surface area contributed by atoms with Gasteiger partial charge in [-0.25, -0.2) is 19.9 Å². The molecule has 0 saturated carbocycles. The van der Waals surface area contributed by atoms with Gasteiger partial charge in [-0.1, -0.05) is 0 Å². The summed E-state index contributed by atoms with van der Waals surface area (Å²) in [7, 11) is 0. The summed E-state index contributed by atoms with van der Waals surface area (Å²) in [5, 5.41) is 0. The van der Waals surface area contributed by atoms with Crippen LogP contribution in [0.4, 0.5) is 0 Å². The van der Waals surface area contributed by atoms with Crippen LogP contribution in [-0.2, 0) is 0 Å². The fourth-order valence-electron chi connectivity index (χ4n) is 1.11. The van der Waals surface area contributed by atoms with Gasteiger partial charge in [0.1, 0.15) is 11.5 Å². The Labute approximate surface area is 86.3 Å². The van der Waals surface area contributed by atoms with Gasteiger partial charge in [0.05, 0.1) is 5.56 Å². The van der Waals surface area contributed by atoms with Crippen molar-refractivity contribution in [2.45, 2.75) is 6.92 Å². The van der Waals surface area contributed by atoms with Crippen LogP contribution < -0.4 is 0 Å². The van der Waals surface area contributed by atoms with Crippen LogP contribution in [0.3, 0.4) is 0 Å². The Hall–Kier alpha value is -2.17. The first-order valence-corrected chi connectivity index (χ1v) is 4.37. The van der Waals surface area contributed by atoms with E-state index in [0.717, 1.165) is 0 Å². The Balaban J connectivity index is 2.41. The van der Waals surface area contributed by atoms with Crippen molar-refractivity contribution in [3.05, 3.63) is 36.0 Å². The van der Waals surface area contributed by atoms with Crippen LogP contribution in [0.1, 0.15) is 16.2 Å². The summed E-state index contributed by atoms with van der Waals surface area (Å²) in [6, 6.07) is 1.73. The Morgan fingerprint density at radius 1 is 1.20 bits per heavy atom. The highest BCUT2D eigenvalue weighted by Gasteiger charge is 2.02. The summed E-state index contributed by atoms with van der Waals surface area (Å²) >= 11 is 0. The molecule has 0 aliphatic carbocycles. The third kappa shape index (κ3) is 2.01. The number of carbonyl (C=O) groups excluding carboxylic acids is 1. The number of aldehydes is 1. The van der Waals surface area contributed by atoms with Gasteiger partial charge < -0.3 is 0 Å². The van der Waals surface area contributed by atoms with E-state index in [-0.39, 0.29) is 0 Å². The minimum absolute atomic E-state index is 0.449. The van der Waals surface area contributed by atoms with Crippen LogP contribution in [0, 0.1) is 6.92 Å². The third-order valence-corrected chi connectivity index (χ3v) is 1.81.